The van der Waals surface area contributed by atoms with Crippen LogP contribution < -0.4 is 20.0 Å². The first kappa shape index (κ1) is 37.8. The molecule has 3 heterocycles. The van der Waals surface area contributed by atoms with Gasteiger partial charge in [-0.1, -0.05) is 20.8 Å². The predicted octanol–water partition coefficient (Wildman–Crippen LogP) is 3.55. The Labute approximate surface area is 275 Å². The van der Waals surface area contributed by atoms with Crippen molar-refractivity contribution in [2.24, 2.45) is 0 Å². The maximum atomic E-state index is 13.8. The Balaban J connectivity index is 0.000000804. The number of benzene rings is 1. The number of carbonyl (C=O) groups excluding carboxylic acids is 2. The highest BCUT2D eigenvalue weighted by molar-refractivity contribution is 6.00. The van der Waals surface area contributed by atoms with Crippen LogP contribution in [0.4, 0.5) is 18.9 Å². The molecule has 1 aliphatic heterocycles. The van der Waals surface area contributed by atoms with E-state index in [2.05, 4.69) is 35.9 Å². The third-order valence-electron chi connectivity index (χ3n) is 7.43. The van der Waals surface area contributed by atoms with E-state index in [-0.39, 0.29) is 46.4 Å². The average Bonchev–Trinajstić information content (AvgIpc) is 3.34. The molecule has 0 radical (unpaired) electrons. The molecule has 264 valence electrons. The van der Waals surface area contributed by atoms with Gasteiger partial charge >= 0.3 is 12.1 Å². The molecule has 1 aliphatic rings. The van der Waals surface area contributed by atoms with Gasteiger partial charge in [0, 0.05) is 43.4 Å². The lowest BCUT2D eigenvalue weighted by Gasteiger charge is -2.33. The van der Waals surface area contributed by atoms with Crippen molar-refractivity contribution in [2.45, 2.75) is 59.7 Å². The van der Waals surface area contributed by atoms with E-state index >= 15 is 0 Å². The maximum absolute atomic E-state index is 13.8. The van der Waals surface area contributed by atoms with Crippen LogP contribution in [0.3, 0.4) is 0 Å². The van der Waals surface area contributed by atoms with Crippen LogP contribution in [0.2, 0.25) is 0 Å². The van der Waals surface area contributed by atoms with E-state index in [1.807, 2.05) is 32.9 Å². The maximum Gasteiger partial charge on any atom is 0.490 e. The molecular weight excluding hydrogens is 639 g/mol. The lowest BCUT2D eigenvalue weighted by Crippen LogP contribution is -2.37. The molecule has 17 heteroatoms. The van der Waals surface area contributed by atoms with Crippen molar-refractivity contribution in [3.8, 4) is 11.6 Å². The summed E-state index contributed by atoms with van der Waals surface area (Å²) >= 11 is 0. The molecule has 14 nitrogen and oxygen atoms in total. The van der Waals surface area contributed by atoms with E-state index < -0.39 is 12.1 Å². The summed E-state index contributed by atoms with van der Waals surface area (Å²) < 4.78 is 51.3. The second-order valence-electron chi connectivity index (χ2n) is 11.7. The smallest absolute Gasteiger partial charge is 0.490 e. The van der Waals surface area contributed by atoms with Crippen LogP contribution in [-0.2, 0) is 21.5 Å². The summed E-state index contributed by atoms with van der Waals surface area (Å²) in [6.45, 7) is 15.6. The number of aromatic nitrogens is 4. The molecule has 2 aromatic heterocycles. The zero-order valence-corrected chi connectivity index (χ0v) is 28.1. The first-order chi connectivity index (χ1) is 22.5. The average molecular weight is 682 g/mol. The Bertz CT molecular complexity index is 1690. The van der Waals surface area contributed by atoms with Gasteiger partial charge in [0.15, 0.2) is 11.4 Å². The summed E-state index contributed by atoms with van der Waals surface area (Å²) in [6.07, 6.45) is -5.08. The second kappa shape index (κ2) is 15.5. The minimum atomic E-state index is -5.08. The van der Waals surface area contributed by atoms with Crippen LogP contribution in [0.5, 0.6) is 11.6 Å². The minimum absolute atomic E-state index is 0.138. The fraction of sp³-hybridized carbons (Fsp3) is 0.548. The Kier molecular flexibility index (Phi) is 12.2. The van der Waals surface area contributed by atoms with Gasteiger partial charge in [0.1, 0.15) is 12.3 Å². The monoisotopic (exact) mass is 681 g/mol. The molecule has 1 aromatic carbocycles. The van der Waals surface area contributed by atoms with E-state index in [4.69, 9.17) is 29.5 Å². The number of fused-ring (bicyclic) bond motifs is 1. The second-order valence-corrected chi connectivity index (χ2v) is 11.7. The van der Waals surface area contributed by atoms with Crippen LogP contribution in [0.1, 0.15) is 67.8 Å². The molecule has 0 aliphatic carbocycles. The van der Waals surface area contributed by atoms with Crippen molar-refractivity contribution < 1.29 is 46.9 Å². The quantitative estimate of drug-likeness (QED) is 0.303. The number of carbonyl (C=O) groups is 3. The van der Waals surface area contributed by atoms with Gasteiger partial charge in [-0.3, -0.25) is 15.0 Å². The summed E-state index contributed by atoms with van der Waals surface area (Å²) in [4.78, 5) is 39.9. The molecule has 1 saturated heterocycles. The molecule has 48 heavy (non-hydrogen) atoms. The number of nitrogens with zero attached hydrogens (tertiary/aromatic N) is 6. The van der Waals surface area contributed by atoms with Crippen LogP contribution >= 0.6 is 0 Å². The van der Waals surface area contributed by atoms with E-state index in [1.54, 1.807) is 18.1 Å². The van der Waals surface area contributed by atoms with Crippen molar-refractivity contribution in [3.05, 3.63) is 40.5 Å². The number of amides is 1. The number of methoxy groups -OCH3 is 1. The Morgan fingerprint density at radius 3 is 2.15 bits per heavy atom. The van der Waals surface area contributed by atoms with Crippen molar-refractivity contribution in [1.82, 2.24) is 24.3 Å². The summed E-state index contributed by atoms with van der Waals surface area (Å²) in [7, 11) is 1.65. The number of halogens is 3. The number of anilines is 1. The molecule has 0 atom stereocenters. The van der Waals surface area contributed by atoms with E-state index in [1.165, 1.54) is 9.20 Å². The van der Waals surface area contributed by atoms with Crippen LogP contribution in [0.15, 0.2) is 18.2 Å². The number of rotatable bonds is 10. The number of ketones is 1. The number of morpholine rings is 1. The number of hydrogen-bond acceptors (Lipinski definition) is 10. The van der Waals surface area contributed by atoms with Gasteiger partial charge in [0.25, 0.3) is 5.91 Å². The largest absolute Gasteiger partial charge is 0.494 e. The third kappa shape index (κ3) is 8.62. The van der Waals surface area contributed by atoms with Crippen LogP contribution in [0, 0.1) is 5.41 Å². The molecule has 4 rings (SSSR count). The molecular formula is C31H42F3N7O7. The van der Waals surface area contributed by atoms with Crippen molar-refractivity contribution in [2.75, 3.05) is 58.0 Å². The number of alkyl halides is 3. The number of nitrogens with one attached hydrogen (secondary N) is 1. The zero-order chi connectivity index (χ0) is 36.0. The SMILES string of the molecule is CCOc1cc(C(=O)N(CC)CC)c2nn(CC(=O)c3cc(N4CCOCC4)c(OC)c(C(C)(C)C)c3)c(=N)n2n1.O=C(O)C(F)(F)F. The zero-order valence-electron chi connectivity index (χ0n) is 28.1. The molecule has 1 fully saturated rings. The molecule has 3 aromatic rings. The lowest BCUT2D eigenvalue weighted by molar-refractivity contribution is -0.192. The number of carboxylic acid groups (broad SMARTS) is 1. The van der Waals surface area contributed by atoms with Gasteiger partial charge in [-0.05, 0) is 38.3 Å². The highest BCUT2D eigenvalue weighted by Gasteiger charge is 2.38. The normalized spacial score (nSPS) is 13.5. The van der Waals surface area contributed by atoms with E-state index in [9.17, 15) is 22.8 Å². The fourth-order valence-electron chi connectivity index (χ4n) is 4.97. The number of Topliss-reactive ketones (excluding diaryl/α,β-unsaturated/α-hetero) is 1. The third-order valence-corrected chi connectivity index (χ3v) is 7.43. The molecule has 2 N–H and O–H groups in total. The minimum Gasteiger partial charge on any atom is -0.494 e. The Morgan fingerprint density at radius 1 is 1.04 bits per heavy atom. The Hall–Kier alpha value is -4.67. The first-order valence-electron chi connectivity index (χ1n) is 15.3. The highest BCUT2D eigenvalue weighted by atomic mass is 19.4. The van der Waals surface area contributed by atoms with Crippen LogP contribution in [0.25, 0.3) is 5.65 Å². The molecule has 0 unspecified atom stereocenters. The van der Waals surface area contributed by atoms with Crippen LogP contribution in [-0.4, -0.2) is 106 Å². The summed E-state index contributed by atoms with van der Waals surface area (Å²) in [5.41, 5.74) is 2.27. The number of aliphatic carboxylic acids is 1. The van der Waals surface area contributed by atoms with E-state index in [0.717, 1.165) is 17.0 Å². The molecule has 0 saturated carbocycles. The predicted molar refractivity (Wildman–Crippen MR) is 168 cm³/mol. The molecule has 1 amide bonds. The summed E-state index contributed by atoms with van der Waals surface area (Å²) in [5.74, 6) is -2.28. The number of hydrogen-bond donors (Lipinski definition) is 2. The fourth-order valence-corrected chi connectivity index (χ4v) is 4.97. The van der Waals surface area contributed by atoms with Crippen molar-refractivity contribution in [3.63, 3.8) is 0 Å². The van der Waals surface area contributed by atoms with Crippen molar-refractivity contribution in [1.29, 1.82) is 5.41 Å². The summed E-state index contributed by atoms with van der Waals surface area (Å²) in [6, 6.07) is 5.26. The van der Waals surface area contributed by atoms with Gasteiger partial charge in [0.05, 0.1) is 38.2 Å². The standard InChI is InChI=1S/C29H41N7O5.C2HF3O2/c1-8-33(9-2)27(38)20-17-24(41-10-3)31-36-26(20)32-35(28(36)30)18-23(37)19-15-21(29(4,5)6)25(39-7)22(16-19)34-11-13-40-14-12-34;3-2(4,5)1(6)7/h15-17,30H,8-14,18H2,1-7H3;(H,6,7). The van der Waals surface area contributed by atoms with Gasteiger partial charge in [-0.15, -0.1) is 10.2 Å². The van der Waals surface area contributed by atoms with Gasteiger partial charge in [-0.25, -0.2) is 9.48 Å². The topological polar surface area (TPSA) is 165 Å². The van der Waals surface area contributed by atoms with Gasteiger partial charge < -0.3 is 29.1 Å². The van der Waals surface area contributed by atoms with Gasteiger partial charge in [-0.2, -0.15) is 17.7 Å². The lowest BCUT2D eigenvalue weighted by atomic mass is 9.84. The Morgan fingerprint density at radius 2 is 1.65 bits per heavy atom. The van der Waals surface area contributed by atoms with E-state index in [0.29, 0.717) is 51.6 Å². The molecule has 0 bridgehead atoms. The van der Waals surface area contributed by atoms with Gasteiger partial charge in [0.2, 0.25) is 11.5 Å². The first-order valence-corrected chi connectivity index (χ1v) is 15.3. The summed E-state index contributed by atoms with van der Waals surface area (Å²) in [5, 5.41) is 24.8. The van der Waals surface area contributed by atoms with Crippen molar-refractivity contribution >= 4 is 29.0 Å². The number of carboxylic acids is 1. The number of ether oxygens (including phenoxy) is 3. The molecule has 0 spiro atoms. The highest BCUT2D eigenvalue weighted by Crippen LogP contribution is 2.40.